The molecule has 3 heteroatoms. The average Bonchev–Trinajstić information content (AvgIpc) is 2.31. The first kappa shape index (κ1) is 13.8. The Kier molecular flexibility index (Phi) is 5.84. The number of hydrogen-bond donors (Lipinski definition) is 0. The van der Waals surface area contributed by atoms with Gasteiger partial charge in [-0.15, -0.1) is 6.58 Å². The summed E-state index contributed by atoms with van der Waals surface area (Å²) in [4.78, 5) is 0. The molecule has 0 aliphatic rings. The Morgan fingerprint density at radius 3 is 2.71 bits per heavy atom. The van der Waals surface area contributed by atoms with Crippen molar-refractivity contribution in [2.24, 2.45) is 0 Å². The molecule has 1 unspecified atom stereocenters. The highest BCUT2D eigenvalue weighted by molar-refractivity contribution is 5.16. The predicted octanol–water partition coefficient (Wildman–Crippen LogP) is 4.23. The predicted molar refractivity (Wildman–Crippen MR) is 64.7 cm³/mol. The van der Waals surface area contributed by atoms with Gasteiger partial charge in [-0.2, -0.15) is 0 Å². The maximum Gasteiger partial charge on any atom is 0.159 e. The van der Waals surface area contributed by atoms with Crippen LogP contribution in [0.2, 0.25) is 0 Å². The summed E-state index contributed by atoms with van der Waals surface area (Å²) in [7, 11) is 0. The van der Waals surface area contributed by atoms with E-state index in [4.69, 9.17) is 4.74 Å². The monoisotopic (exact) mass is 240 g/mol. The highest BCUT2D eigenvalue weighted by Crippen LogP contribution is 2.13. The minimum Gasteiger partial charge on any atom is -0.373 e. The molecule has 0 saturated carbocycles. The zero-order chi connectivity index (χ0) is 12.7. The fraction of sp³-hybridized carbons (Fsp3) is 0.429. The molecular weight excluding hydrogens is 222 g/mol. The third-order valence-corrected chi connectivity index (χ3v) is 2.51. The minimum absolute atomic E-state index is 0.102. The molecule has 0 bridgehead atoms. The maximum atomic E-state index is 13.0. The number of halogens is 2. The zero-order valence-electron chi connectivity index (χ0n) is 10.1. The van der Waals surface area contributed by atoms with Crippen molar-refractivity contribution in [2.75, 3.05) is 0 Å². The van der Waals surface area contributed by atoms with Crippen molar-refractivity contribution in [2.45, 2.75) is 38.9 Å². The van der Waals surface area contributed by atoms with E-state index in [1.165, 1.54) is 12.1 Å². The van der Waals surface area contributed by atoms with Crippen molar-refractivity contribution in [1.29, 1.82) is 0 Å². The smallest absolute Gasteiger partial charge is 0.159 e. The van der Waals surface area contributed by atoms with E-state index >= 15 is 0 Å². The van der Waals surface area contributed by atoms with Crippen molar-refractivity contribution in [3.63, 3.8) is 0 Å². The Bertz CT molecular complexity index is 363. The van der Waals surface area contributed by atoms with E-state index in [2.05, 4.69) is 13.5 Å². The van der Waals surface area contributed by atoms with E-state index in [0.29, 0.717) is 12.2 Å². The first-order chi connectivity index (χ1) is 8.17. The first-order valence-corrected chi connectivity index (χ1v) is 5.83. The Hall–Kier alpha value is -1.22. The first-order valence-electron chi connectivity index (χ1n) is 5.83. The van der Waals surface area contributed by atoms with Crippen molar-refractivity contribution in [3.8, 4) is 0 Å². The lowest BCUT2D eigenvalue weighted by atomic mass is 10.1. The molecule has 0 fully saturated rings. The van der Waals surface area contributed by atoms with Gasteiger partial charge in [0.1, 0.15) is 0 Å². The van der Waals surface area contributed by atoms with E-state index in [1.54, 1.807) is 0 Å². The van der Waals surface area contributed by atoms with Crippen LogP contribution in [-0.2, 0) is 11.3 Å². The van der Waals surface area contributed by atoms with Crippen molar-refractivity contribution < 1.29 is 13.5 Å². The van der Waals surface area contributed by atoms with Gasteiger partial charge in [-0.3, -0.25) is 0 Å². The van der Waals surface area contributed by atoms with Crippen LogP contribution in [-0.4, -0.2) is 6.10 Å². The summed E-state index contributed by atoms with van der Waals surface area (Å²) in [6.45, 7) is 6.06. The van der Waals surface area contributed by atoms with E-state index < -0.39 is 11.6 Å². The summed E-state index contributed by atoms with van der Waals surface area (Å²) in [5, 5.41) is 0. The second-order valence-corrected chi connectivity index (χ2v) is 3.99. The second-order valence-electron chi connectivity index (χ2n) is 3.99. The molecule has 94 valence electrons. The maximum absolute atomic E-state index is 13.0. The van der Waals surface area contributed by atoms with Gasteiger partial charge >= 0.3 is 0 Å². The molecule has 0 spiro atoms. The Morgan fingerprint density at radius 2 is 2.12 bits per heavy atom. The molecule has 0 N–H and O–H groups in total. The molecule has 0 aromatic heterocycles. The van der Waals surface area contributed by atoms with Gasteiger partial charge in [0.25, 0.3) is 0 Å². The van der Waals surface area contributed by atoms with Crippen LogP contribution < -0.4 is 0 Å². The largest absolute Gasteiger partial charge is 0.373 e. The molecule has 0 aliphatic carbocycles. The molecule has 17 heavy (non-hydrogen) atoms. The van der Waals surface area contributed by atoms with Crippen molar-refractivity contribution >= 4 is 0 Å². The molecular formula is C14H18F2O. The third-order valence-electron chi connectivity index (χ3n) is 2.51. The van der Waals surface area contributed by atoms with Crippen LogP contribution in [0.4, 0.5) is 8.78 Å². The van der Waals surface area contributed by atoms with Crippen LogP contribution >= 0.6 is 0 Å². The number of hydrogen-bond acceptors (Lipinski definition) is 1. The summed E-state index contributed by atoms with van der Waals surface area (Å²) in [6.07, 6.45) is 4.65. The topological polar surface area (TPSA) is 9.23 Å². The van der Waals surface area contributed by atoms with Crippen LogP contribution in [0.1, 0.15) is 31.7 Å². The molecule has 1 atom stereocenters. The molecule has 1 aromatic carbocycles. The van der Waals surface area contributed by atoms with Gasteiger partial charge in [-0.05, 0) is 30.5 Å². The summed E-state index contributed by atoms with van der Waals surface area (Å²) in [6, 6.07) is 3.83. The Labute approximate surface area is 101 Å². The van der Waals surface area contributed by atoms with Gasteiger partial charge in [-0.1, -0.05) is 25.5 Å². The number of rotatable bonds is 7. The molecule has 0 radical (unpaired) electrons. The molecule has 0 heterocycles. The van der Waals surface area contributed by atoms with Gasteiger partial charge in [-0.25, -0.2) is 8.78 Å². The Balaban J connectivity index is 2.52. The second kappa shape index (κ2) is 7.17. The van der Waals surface area contributed by atoms with Gasteiger partial charge in [0.15, 0.2) is 11.6 Å². The minimum atomic E-state index is -0.832. The van der Waals surface area contributed by atoms with Crippen LogP contribution in [0, 0.1) is 11.6 Å². The van der Waals surface area contributed by atoms with Gasteiger partial charge in [0, 0.05) is 0 Å². The average molecular weight is 240 g/mol. The highest BCUT2D eigenvalue weighted by atomic mass is 19.2. The fourth-order valence-corrected chi connectivity index (χ4v) is 1.62. The molecule has 1 nitrogen and oxygen atoms in total. The summed E-state index contributed by atoms with van der Waals surface area (Å²) in [5.74, 6) is -1.66. The van der Waals surface area contributed by atoms with E-state index in [0.717, 1.165) is 25.3 Å². The van der Waals surface area contributed by atoms with E-state index in [-0.39, 0.29) is 6.10 Å². The zero-order valence-corrected chi connectivity index (χ0v) is 10.1. The van der Waals surface area contributed by atoms with Crippen molar-refractivity contribution in [3.05, 3.63) is 48.1 Å². The lowest BCUT2D eigenvalue weighted by Crippen LogP contribution is -2.11. The van der Waals surface area contributed by atoms with Gasteiger partial charge in [0.2, 0.25) is 0 Å². The number of benzene rings is 1. The van der Waals surface area contributed by atoms with Gasteiger partial charge in [0.05, 0.1) is 12.7 Å². The molecule has 1 rings (SSSR count). The van der Waals surface area contributed by atoms with Gasteiger partial charge < -0.3 is 4.74 Å². The van der Waals surface area contributed by atoms with Crippen LogP contribution in [0.15, 0.2) is 30.9 Å². The van der Waals surface area contributed by atoms with Crippen LogP contribution in [0.25, 0.3) is 0 Å². The Morgan fingerprint density at radius 1 is 1.35 bits per heavy atom. The van der Waals surface area contributed by atoms with E-state index in [1.807, 2.05) is 6.08 Å². The number of ether oxygens (including phenoxy) is 1. The highest BCUT2D eigenvalue weighted by Gasteiger charge is 2.08. The molecule has 1 aromatic rings. The van der Waals surface area contributed by atoms with Crippen molar-refractivity contribution in [1.82, 2.24) is 0 Å². The molecule has 0 saturated heterocycles. The van der Waals surface area contributed by atoms with Crippen LogP contribution in [0.3, 0.4) is 0 Å². The fourth-order valence-electron chi connectivity index (χ4n) is 1.62. The normalized spacial score (nSPS) is 12.4. The molecule has 0 amide bonds. The SMILES string of the molecule is C=CCC(CCC)OCc1ccc(F)c(F)c1. The summed E-state index contributed by atoms with van der Waals surface area (Å²) < 4.78 is 31.3. The third kappa shape index (κ3) is 4.65. The standard InChI is InChI=1S/C14H18F2O/c1-3-5-12(6-4-2)17-10-11-7-8-13(15)14(16)9-11/h3,7-9,12H,1,4-6,10H2,2H3. The summed E-state index contributed by atoms with van der Waals surface area (Å²) in [5.41, 5.74) is 0.647. The molecule has 0 aliphatic heterocycles. The van der Waals surface area contributed by atoms with E-state index in [9.17, 15) is 8.78 Å². The quantitative estimate of drug-likeness (QED) is 0.648. The summed E-state index contributed by atoms with van der Waals surface area (Å²) >= 11 is 0. The lowest BCUT2D eigenvalue weighted by molar-refractivity contribution is 0.0365. The van der Waals surface area contributed by atoms with Crippen LogP contribution in [0.5, 0.6) is 0 Å². The lowest BCUT2D eigenvalue weighted by Gasteiger charge is -2.15.